The highest BCUT2D eigenvalue weighted by molar-refractivity contribution is 6.99. The average Bonchev–Trinajstić information content (AvgIpc) is 2.92. The van der Waals surface area contributed by atoms with Crippen LogP contribution in [-0.2, 0) is 4.74 Å². The molecule has 120 valence electrons. The number of nitrogens with two attached hydrogens (primary N) is 1. The van der Waals surface area contributed by atoms with Crippen molar-refractivity contribution in [2.75, 3.05) is 37.8 Å². The second kappa shape index (κ2) is 6.87. The van der Waals surface area contributed by atoms with Crippen LogP contribution in [0.15, 0.2) is 0 Å². The number of hydrogen-bond acceptors (Lipinski definition) is 8. The molecule has 0 amide bonds. The zero-order chi connectivity index (χ0) is 15.5. The second-order valence-electron chi connectivity index (χ2n) is 6.26. The molecule has 1 unspecified atom stereocenters. The first kappa shape index (κ1) is 16.4. The minimum absolute atomic E-state index is 0.112. The predicted octanol–water partition coefficient (Wildman–Crippen LogP) is 0.488. The fraction of sp³-hybridized carbons (Fsp3) is 0.846. The topological polar surface area (TPSA) is 93.7 Å². The van der Waals surface area contributed by atoms with Gasteiger partial charge in [0.15, 0.2) is 0 Å². The van der Waals surface area contributed by atoms with Crippen molar-refractivity contribution >= 4 is 17.5 Å². The maximum Gasteiger partial charge on any atom is 0.270 e. The summed E-state index contributed by atoms with van der Waals surface area (Å²) in [4.78, 5) is 2.08. The summed E-state index contributed by atoms with van der Waals surface area (Å²) in [5.74, 6) is 1.18. The van der Waals surface area contributed by atoms with Crippen molar-refractivity contribution in [3.05, 3.63) is 0 Å². The summed E-state index contributed by atoms with van der Waals surface area (Å²) < 4.78 is 19.4. The largest absolute Gasteiger partial charge is 0.472 e. The van der Waals surface area contributed by atoms with E-state index in [2.05, 4.69) is 13.6 Å². The highest BCUT2D eigenvalue weighted by atomic mass is 32.1. The van der Waals surface area contributed by atoms with Gasteiger partial charge in [-0.25, -0.2) is 0 Å². The molecule has 2 heterocycles. The summed E-state index contributed by atoms with van der Waals surface area (Å²) in [5.41, 5.74) is 5.84. The fourth-order valence-corrected chi connectivity index (χ4v) is 2.60. The quantitative estimate of drug-likeness (QED) is 0.816. The Morgan fingerprint density at radius 2 is 2.05 bits per heavy atom. The summed E-state index contributed by atoms with van der Waals surface area (Å²) in [6, 6.07) is -0.365. The second-order valence-corrected chi connectivity index (χ2v) is 6.79. The van der Waals surface area contributed by atoms with E-state index in [9.17, 15) is 5.11 Å². The van der Waals surface area contributed by atoms with Gasteiger partial charge in [-0.2, -0.15) is 4.37 Å². The summed E-state index contributed by atoms with van der Waals surface area (Å²) in [6.45, 7) is 8.97. The molecule has 2 rings (SSSR count). The summed E-state index contributed by atoms with van der Waals surface area (Å²) in [6.07, 6.45) is -0.746. The smallest absolute Gasteiger partial charge is 0.270 e. The van der Waals surface area contributed by atoms with Crippen molar-refractivity contribution in [2.24, 2.45) is 11.1 Å². The van der Waals surface area contributed by atoms with Crippen LogP contribution in [-0.4, -0.2) is 58.9 Å². The van der Waals surface area contributed by atoms with Gasteiger partial charge in [-0.3, -0.25) is 0 Å². The Balaban J connectivity index is 1.93. The van der Waals surface area contributed by atoms with Gasteiger partial charge in [0.1, 0.15) is 12.7 Å². The molecule has 0 bridgehead atoms. The number of nitrogens with zero attached hydrogens (tertiary/aromatic N) is 3. The van der Waals surface area contributed by atoms with E-state index >= 15 is 0 Å². The van der Waals surface area contributed by atoms with Gasteiger partial charge in [0.05, 0.1) is 24.9 Å². The van der Waals surface area contributed by atoms with Gasteiger partial charge in [0, 0.05) is 19.1 Å². The van der Waals surface area contributed by atoms with Crippen LogP contribution in [0.1, 0.15) is 20.8 Å². The summed E-state index contributed by atoms with van der Waals surface area (Å²) >= 11 is 1.11. The first-order chi connectivity index (χ1) is 9.89. The zero-order valence-corrected chi connectivity index (χ0v) is 13.6. The van der Waals surface area contributed by atoms with Crippen LogP contribution in [0.25, 0.3) is 0 Å². The van der Waals surface area contributed by atoms with Crippen molar-refractivity contribution in [1.82, 2.24) is 8.75 Å². The molecule has 0 saturated carbocycles. The normalized spacial score (nSPS) is 19.4. The molecule has 1 fully saturated rings. The van der Waals surface area contributed by atoms with Crippen molar-refractivity contribution in [3.63, 3.8) is 0 Å². The molecule has 2 atom stereocenters. The van der Waals surface area contributed by atoms with E-state index in [0.29, 0.717) is 19.1 Å². The van der Waals surface area contributed by atoms with Gasteiger partial charge >= 0.3 is 0 Å². The Morgan fingerprint density at radius 3 is 2.67 bits per heavy atom. The van der Waals surface area contributed by atoms with Gasteiger partial charge in [0.2, 0.25) is 5.82 Å². The van der Waals surface area contributed by atoms with E-state index < -0.39 is 6.10 Å². The van der Waals surface area contributed by atoms with E-state index in [1.807, 2.05) is 20.8 Å². The third-order valence-corrected chi connectivity index (χ3v) is 4.06. The molecule has 1 aromatic heterocycles. The Morgan fingerprint density at radius 1 is 1.38 bits per heavy atom. The number of aromatic nitrogens is 2. The van der Waals surface area contributed by atoms with E-state index in [4.69, 9.17) is 15.2 Å². The number of hydrogen-bond donors (Lipinski definition) is 2. The zero-order valence-electron chi connectivity index (χ0n) is 12.8. The molecule has 7 nitrogen and oxygen atoms in total. The molecule has 1 aromatic rings. The van der Waals surface area contributed by atoms with Crippen LogP contribution >= 0.6 is 11.7 Å². The lowest BCUT2D eigenvalue weighted by Gasteiger charge is -2.31. The monoisotopic (exact) mass is 316 g/mol. The molecule has 0 spiro atoms. The molecule has 0 radical (unpaired) electrons. The Bertz CT molecular complexity index is 443. The molecule has 1 aliphatic heterocycles. The molecule has 1 aliphatic rings. The van der Waals surface area contributed by atoms with Crippen molar-refractivity contribution in [3.8, 4) is 5.88 Å². The Labute approximate surface area is 129 Å². The Hall–Kier alpha value is -0.960. The molecule has 3 N–H and O–H groups in total. The van der Waals surface area contributed by atoms with E-state index in [1.165, 1.54) is 0 Å². The van der Waals surface area contributed by atoms with Crippen LogP contribution in [0.3, 0.4) is 0 Å². The third-order valence-electron chi connectivity index (χ3n) is 3.56. The summed E-state index contributed by atoms with van der Waals surface area (Å²) in [5, 5.41) is 10.1. The number of aliphatic hydroxyl groups is 1. The number of anilines is 1. The molecular formula is C13H24N4O3S. The van der Waals surface area contributed by atoms with Crippen LogP contribution in [0.2, 0.25) is 0 Å². The first-order valence-electron chi connectivity index (χ1n) is 7.11. The van der Waals surface area contributed by atoms with Crippen molar-refractivity contribution < 1.29 is 14.6 Å². The van der Waals surface area contributed by atoms with Crippen molar-refractivity contribution in [2.45, 2.75) is 32.9 Å². The lowest BCUT2D eigenvalue weighted by molar-refractivity contribution is 0.0483. The lowest BCUT2D eigenvalue weighted by Crippen LogP contribution is -2.47. The van der Waals surface area contributed by atoms with Gasteiger partial charge in [0.25, 0.3) is 5.88 Å². The van der Waals surface area contributed by atoms with Crippen LogP contribution in [0, 0.1) is 5.41 Å². The minimum Gasteiger partial charge on any atom is -0.472 e. The van der Waals surface area contributed by atoms with Gasteiger partial charge < -0.3 is 25.2 Å². The number of rotatable bonds is 5. The molecular weight excluding hydrogens is 292 g/mol. The highest BCUT2D eigenvalue weighted by Crippen LogP contribution is 2.27. The molecule has 0 aliphatic carbocycles. The van der Waals surface area contributed by atoms with E-state index in [1.54, 1.807) is 0 Å². The number of morpholine rings is 1. The van der Waals surface area contributed by atoms with Crippen molar-refractivity contribution in [1.29, 1.82) is 0 Å². The maximum atomic E-state index is 10.1. The fourth-order valence-electron chi connectivity index (χ4n) is 2.08. The van der Waals surface area contributed by atoms with Gasteiger partial charge in [-0.15, -0.1) is 4.37 Å². The van der Waals surface area contributed by atoms with Gasteiger partial charge in [-0.05, 0) is 5.41 Å². The number of ether oxygens (including phenoxy) is 2. The van der Waals surface area contributed by atoms with Crippen LogP contribution < -0.4 is 15.4 Å². The molecule has 8 heteroatoms. The van der Waals surface area contributed by atoms with Crippen LogP contribution in [0.5, 0.6) is 5.88 Å². The van der Waals surface area contributed by atoms with E-state index in [-0.39, 0.29) is 18.1 Å². The molecule has 21 heavy (non-hydrogen) atoms. The van der Waals surface area contributed by atoms with Gasteiger partial charge in [-0.1, -0.05) is 20.8 Å². The van der Waals surface area contributed by atoms with Crippen LogP contribution in [0.4, 0.5) is 5.82 Å². The lowest BCUT2D eigenvalue weighted by atomic mass is 9.84. The standard InChI is InChI=1S/C13H24N4O3S/c1-13(2,3)10(14)9(18)8-20-12-11(15-21-16-12)17-4-6-19-7-5-17/h9-10,18H,4-8,14H2,1-3H3/t9-,10?/m1/s1. The first-order valence-corrected chi connectivity index (χ1v) is 7.84. The molecule has 1 saturated heterocycles. The minimum atomic E-state index is -0.746. The highest BCUT2D eigenvalue weighted by Gasteiger charge is 2.29. The maximum absolute atomic E-state index is 10.1. The SMILES string of the molecule is CC(C)(C)C(N)[C@H](O)COc1nsnc1N1CCOCC1. The Kier molecular flexibility index (Phi) is 5.37. The third kappa shape index (κ3) is 4.26. The summed E-state index contributed by atoms with van der Waals surface area (Å²) in [7, 11) is 0. The average molecular weight is 316 g/mol. The predicted molar refractivity (Wildman–Crippen MR) is 81.9 cm³/mol. The molecule has 0 aromatic carbocycles. The van der Waals surface area contributed by atoms with E-state index in [0.717, 1.165) is 30.6 Å². The number of aliphatic hydroxyl groups excluding tert-OH is 1.